The predicted octanol–water partition coefficient (Wildman–Crippen LogP) is 1.41. The van der Waals surface area contributed by atoms with Crippen LogP contribution in [0.4, 0.5) is 17.6 Å². The Hall–Kier alpha value is -2.16. The number of hydrogen-bond acceptors (Lipinski definition) is 3. The van der Waals surface area contributed by atoms with E-state index in [-0.39, 0.29) is 6.42 Å². The molecular weight excluding hydrogens is 286 g/mol. The van der Waals surface area contributed by atoms with Gasteiger partial charge in [0.15, 0.2) is 0 Å². The van der Waals surface area contributed by atoms with Crippen molar-refractivity contribution in [3.05, 3.63) is 35.6 Å². The summed E-state index contributed by atoms with van der Waals surface area (Å²) in [7, 11) is 0. The first-order valence-corrected chi connectivity index (χ1v) is 5.07. The van der Waals surface area contributed by atoms with Gasteiger partial charge in [-0.1, -0.05) is 18.2 Å². The van der Waals surface area contributed by atoms with Crippen molar-refractivity contribution < 1.29 is 37.4 Å². The Morgan fingerprint density at radius 2 is 1.65 bits per heavy atom. The Balaban J connectivity index is 0.000000441. The van der Waals surface area contributed by atoms with Crippen molar-refractivity contribution in [3.63, 3.8) is 0 Å². The highest BCUT2D eigenvalue weighted by Gasteiger charge is 2.38. The van der Waals surface area contributed by atoms with Crippen LogP contribution in [0.3, 0.4) is 0 Å². The summed E-state index contributed by atoms with van der Waals surface area (Å²) < 4.78 is 44.7. The molecule has 0 aliphatic carbocycles. The molecule has 0 heterocycles. The Bertz CT molecular complexity index is 476. The third-order valence-electron chi connectivity index (χ3n) is 1.96. The molecule has 0 fully saturated rings. The second-order valence-electron chi connectivity index (χ2n) is 3.54. The van der Waals surface area contributed by atoms with E-state index < -0.39 is 30.0 Å². The smallest absolute Gasteiger partial charge is 0.480 e. The highest BCUT2D eigenvalue weighted by atomic mass is 19.4. The average Bonchev–Trinajstić information content (AvgIpc) is 2.31. The monoisotopic (exact) mass is 297 g/mol. The lowest BCUT2D eigenvalue weighted by Crippen LogP contribution is -2.32. The molecule has 0 spiro atoms. The van der Waals surface area contributed by atoms with E-state index in [0.717, 1.165) is 0 Å². The number of carboxylic acid groups (broad SMARTS) is 2. The van der Waals surface area contributed by atoms with Crippen molar-refractivity contribution >= 4 is 11.9 Å². The fourth-order valence-corrected chi connectivity index (χ4v) is 0.988. The first-order valence-electron chi connectivity index (χ1n) is 5.07. The third kappa shape index (κ3) is 6.69. The quantitative estimate of drug-likeness (QED) is 0.732. The van der Waals surface area contributed by atoms with Crippen LogP contribution in [0.1, 0.15) is 5.56 Å². The summed E-state index contributed by atoms with van der Waals surface area (Å²) in [5.74, 6) is -4.30. The van der Waals surface area contributed by atoms with Crippen LogP contribution in [0, 0.1) is 5.82 Å². The second kappa shape index (κ2) is 7.43. The number of nitrogens with two attached hydrogens (primary N) is 1. The van der Waals surface area contributed by atoms with E-state index in [4.69, 9.17) is 20.7 Å². The summed E-state index contributed by atoms with van der Waals surface area (Å²) in [6.45, 7) is 0. The van der Waals surface area contributed by atoms with Gasteiger partial charge in [0, 0.05) is 6.42 Å². The first kappa shape index (κ1) is 17.8. The van der Waals surface area contributed by atoms with Gasteiger partial charge in [0.25, 0.3) is 0 Å². The minimum atomic E-state index is -5.08. The topological polar surface area (TPSA) is 101 Å². The van der Waals surface area contributed by atoms with E-state index in [1.54, 1.807) is 12.1 Å². The molecule has 1 rings (SSSR count). The first-order chi connectivity index (χ1) is 9.05. The minimum absolute atomic E-state index is 0.0159. The van der Waals surface area contributed by atoms with Crippen LogP contribution in [-0.4, -0.2) is 34.4 Å². The van der Waals surface area contributed by atoms with Crippen LogP contribution in [0.25, 0.3) is 0 Å². The van der Waals surface area contributed by atoms with Gasteiger partial charge in [0.05, 0.1) is 0 Å². The number of halogens is 4. The summed E-state index contributed by atoms with van der Waals surface area (Å²) in [6, 6.07) is 4.96. The molecule has 0 aliphatic rings. The predicted molar refractivity (Wildman–Crippen MR) is 59.4 cm³/mol. The number of rotatable bonds is 3. The Morgan fingerprint density at radius 1 is 1.20 bits per heavy atom. The SMILES string of the molecule is NC(Cc1ccccc1F)C(=O)O.O=C(O)C(F)(F)F. The summed E-state index contributed by atoms with van der Waals surface area (Å²) in [5.41, 5.74) is 5.58. The molecule has 0 saturated heterocycles. The Morgan fingerprint density at radius 3 is 2.00 bits per heavy atom. The van der Waals surface area contributed by atoms with Crippen LogP contribution in [0.2, 0.25) is 0 Å². The summed E-state index contributed by atoms with van der Waals surface area (Å²) in [6.07, 6.45) is -5.07. The molecule has 1 aromatic rings. The van der Waals surface area contributed by atoms with Gasteiger partial charge in [-0.05, 0) is 11.6 Å². The maximum Gasteiger partial charge on any atom is 0.490 e. The lowest BCUT2D eigenvalue weighted by Gasteiger charge is -2.06. The van der Waals surface area contributed by atoms with Crippen molar-refractivity contribution in [3.8, 4) is 0 Å². The normalized spacial score (nSPS) is 12.1. The van der Waals surface area contributed by atoms with Crippen molar-refractivity contribution in [1.29, 1.82) is 0 Å². The fourth-order valence-electron chi connectivity index (χ4n) is 0.988. The van der Waals surface area contributed by atoms with Gasteiger partial charge in [0.1, 0.15) is 11.9 Å². The van der Waals surface area contributed by atoms with Crippen LogP contribution in [-0.2, 0) is 16.0 Å². The Kier molecular flexibility index (Phi) is 6.63. The Labute approximate surface area is 110 Å². The van der Waals surface area contributed by atoms with Crippen molar-refractivity contribution in [2.24, 2.45) is 5.73 Å². The second-order valence-corrected chi connectivity index (χ2v) is 3.54. The molecular formula is C11H11F4NO4. The number of aliphatic carboxylic acids is 2. The van der Waals surface area contributed by atoms with E-state index in [1.165, 1.54) is 12.1 Å². The zero-order valence-corrected chi connectivity index (χ0v) is 9.89. The highest BCUT2D eigenvalue weighted by Crippen LogP contribution is 2.13. The van der Waals surface area contributed by atoms with Crippen molar-refractivity contribution in [2.75, 3.05) is 0 Å². The molecule has 20 heavy (non-hydrogen) atoms. The van der Waals surface area contributed by atoms with E-state index in [1.807, 2.05) is 0 Å². The van der Waals surface area contributed by atoms with Crippen LogP contribution >= 0.6 is 0 Å². The van der Waals surface area contributed by atoms with Crippen LogP contribution < -0.4 is 5.73 Å². The molecule has 4 N–H and O–H groups in total. The average molecular weight is 297 g/mol. The molecule has 5 nitrogen and oxygen atoms in total. The maximum absolute atomic E-state index is 13.0. The summed E-state index contributed by atoms with van der Waals surface area (Å²) in [4.78, 5) is 19.3. The van der Waals surface area contributed by atoms with E-state index >= 15 is 0 Å². The van der Waals surface area contributed by atoms with Gasteiger partial charge < -0.3 is 15.9 Å². The maximum atomic E-state index is 13.0. The van der Waals surface area contributed by atoms with Gasteiger partial charge >= 0.3 is 18.1 Å². The molecule has 0 saturated carbocycles. The number of alkyl halides is 3. The molecule has 0 amide bonds. The van der Waals surface area contributed by atoms with Gasteiger partial charge in [-0.2, -0.15) is 13.2 Å². The number of hydrogen-bond donors (Lipinski definition) is 3. The zero-order valence-electron chi connectivity index (χ0n) is 9.89. The lowest BCUT2D eigenvalue weighted by molar-refractivity contribution is -0.192. The molecule has 0 bridgehead atoms. The van der Waals surface area contributed by atoms with E-state index in [9.17, 15) is 22.4 Å². The van der Waals surface area contributed by atoms with E-state index in [0.29, 0.717) is 5.56 Å². The third-order valence-corrected chi connectivity index (χ3v) is 1.96. The standard InChI is InChI=1S/C9H10FNO2.C2HF3O2/c10-7-4-2-1-3-6(7)5-8(11)9(12)13;3-2(4,5)1(6)7/h1-4,8H,5,11H2,(H,12,13);(H,6,7). The summed E-state index contributed by atoms with van der Waals surface area (Å²) in [5, 5.41) is 15.6. The lowest BCUT2D eigenvalue weighted by atomic mass is 10.1. The zero-order chi connectivity index (χ0) is 15.9. The van der Waals surface area contributed by atoms with Gasteiger partial charge in [-0.3, -0.25) is 4.79 Å². The molecule has 0 radical (unpaired) electrons. The molecule has 1 aromatic carbocycles. The van der Waals surface area contributed by atoms with E-state index in [2.05, 4.69) is 0 Å². The minimum Gasteiger partial charge on any atom is -0.480 e. The number of benzene rings is 1. The summed E-state index contributed by atoms with van der Waals surface area (Å²) >= 11 is 0. The number of carbonyl (C=O) groups is 2. The van der Waals surface area contributed by atoms with Gasteiger partial charge in [-0.25, -0.2) is 9.18 Å². The van der Waals surface area contributed by atoms with Crippen LogP contribution in [0.15, 0.2) is 24.3 Å². The molecule has 1 unspecified atom stereocenters. The van der Waals surface area contributed by atoms with Crippen LogP contribution in [0.5, 0.6) is 0 Å². The van der Waals surface area contributed by atoms with Gasteiger partial charge in [-0.15, -0.1) is 0 Å². The largest absolute Gasteiger partial charge is 0.490 e. The van der Waals surface area contributed by atoms with Crippen molar-refractivity contribution in [1.82, 2.24) is 0 Å². The fraction of sp³-hybridized carbons (Fsp3) is 0.273. The molecule has 0 aromatic heterocycles. The molecule has 9 heteroatoms. The molecule has 1 atom stereocenters. The molecule has 0 aliphatic heterocycles. The van der Waals surface area contributed by atoms with Crippen molar-refractivity contribution in [2.45, 2.75) is 18.6 Å². The highest BCUT2D eigenvalue weighted by molar-refractivity contribution is 5.73. The molecule has 112 valence electrons. The number of carboxylic acids is 2. The van der Waals surface area contributed by atoms with Gasteiger partial charge in [0.2, 0.25) is 0 Å².